The summed E-state index contributed by atoms with van der Waals surface area (Å²) in [5, 5.41) is 2.68. The first-order chi connectivity index (χ1) is 16.8. The summed E-state index contributed by atoms with van der Waals surface area (Å²) in [4.78, 5) is 36.7. The third-order valence-corrected chi connectivity index (χ3v) is 5.59. The van der Waals surface area contributed by atoms with Crippen LogP contribution in [0.15, 0.2) is 85.3 Å². The first kappa shape index (κ1) is 23.7. The number of nitrogens with zero attached hydrogens (tertiary/aromatic N) is 3. The van der Waals surface area contributed by atoms with Crippen molar-refractivity contribution in [3.63, 3.8) is 0 Å². The minimum Gasteiger partial charge on any atom is -0.324 e. The van der Waals surface area contributed by atoms with E-state index in [2.05, 4.69) is 15.3 Å². The third kappa shape index (κ3) is 5.22. The van der Waals surface area contributed by atoms with Crippen LogP contribution in [0, 0.1) is 25.5 Å². The number of halogens is 2. The Labute approximate surface area is 201 Å². The SMILES string of the molecule is Cc1ccc(N(C(=O)c2cnccn2)[C@@H](C(=O)Nc2ccc(F)cc2)c2ccccc2F)cc1C. The molecule has 0 fully saturated rings. The van der Waals surface area contributed by atoms with Gasteiger partial charge in [0.15, 0.2) is 0 Å². The number of aryl methyl sites for hydroxylation is 2. The number of carbonyl (C=O) groups excluding carboxylic acids is 2. The van der Waals surface area contributed by atoms with E-state index in [-0.39, 0.29) is 11.3 Å². The molecule has 4 aromatic rings. The van der Waals surface area contributed by atoms with Gasteiger partial charge in [0.2, 0.25) is 0 Å². The Morgan fingerprint density at radius 2 is 1.66 bits per heavy atom. The Kier molecular flexibility index (Phi) is 6.91. The molecule has 1 aromatic heterocycles. The minimum atomic E-state index is -1.40. The monoisotopic (exact) mass is 472 g/mol. The second-order valence-electron chi connectivity index (χ2n) is 7.95. The number of amides is 2. The molecular formula is C27H22F2N4O2. The van der Waals surface area contributed by atoms with Crippen molar-refractivity contribution < 1.29 is 18.4 Å². The van der Waals surface area contributed by atoms with Crippen LogP contribution in [0.4, 0.5) is 20.2 Å². The maximum atomic E-state index is 15.1. The van der Waals surface area contributed by atoms with Crippen LogP contribution in [0.5, 0.6) is 0 Å². The lowest BCUT2D eigenvalue weighted by Gasteiger charge is -2.31. The average Bonchev–Trinajstić information content (AvgIpc) is 2.86. The zero-order valence-electron chi connectivity index (χ0n) is 19.1. The summed E-state index contributed by atoms with van der Waals surface area (Å²) in [6, 6.07) is 14.8. The van der Waals surface area contributed by atoms with E-state index in [4.69, 9.17) is 0 Å². The van der Waals surface area contributed by atoms with Crippen molar-refractivity contribution in [3.8, 4) is 0 Å². The highest BCUT2D eigenvalue weighted by atomic mass is 19.1. The van der Waals surface area contributed by atoms with Gasteiger partial charge in [0, 0.05) is 29.3 Å². The lowest BCUT2D eigenvalue weighted by Crippen LogP contribution is -2.42. The third-order valence-electron chi connectivity index (χ3n) is 5.59. The fourth-order valence-corrected chi connectivity index (χ4v) is 3.63. The highest BCUT2D eigenvalue weighted by Gasteiger charge is 2.36. The molecule has 8 heteroatoms. The molecule has 0 spiro atoms. The van der Waals surface area contributed by atoms with Crippen LogP contribution in [0.1, 0.15) is 33.2 Å². The summed E-state index contributed by atoms with van der Waals surface area (Å²) >= 11 is 0. The topological polar surface area (TPSA) is 75.2 Å². The van der Waals surface area contributed by atoms with E-state index < -0.39 is 29.5 Å². The van der Waals surface area contributed by atoms with Gasteiger partial charge in [0.05, 0.1) is 6.20 Å². The van der Waals surface area contributed by atoms with Crippen molar-refractivity contribution in [2.24, 2.45) is 0 Å². The first-order valence-corrected chi connectivity index (χ1v) is 10.8. The van der Waals surface area contributed by atoms with Gasteiger partial charge >= 0.3 is 0 Å². The van der Waals surface area contributed by atoms with Gasteiger partial charge < -0.3 is 5.32 Å². The van der Waals surface area contributed by atoms with E-state index in [1.165, 1.54) is 66.0 Å². The number of nitrogens with one attached hydrogen (secondary N) is 1. The molecule has 3 aromatic carbocycles. The van der Waals surface area contributed by atoms with E-state index in [1.54, 1.807) is 18.2 Å². The van der Waals surface area contributed by atoms with E-state index in [0.29, 0.717) is 11.4 Å². The predicted molar refractivity (Wildman–Crippen MR) is 129 cm³/mol. The van der Waals surface area contributed by atoms with Crippen LogP contribution in [0.2, 0.25) is 0 Å². The van der Waals surface area contributed by atoms with Crippen molar-refractivity contribution in [1.82, 2.24) is 9.97 Å². The molecule has 0 aliphatic rings. The molecular weight excluding hydrogens is 450 g/mol. The Bertz CT molecular complexity index is 1360. The van der Waals surface area contributed by atoms with Crippen LogP contribution in [0.3, 0.4) is 0 Å². The van der Waals surface area contributed by atoms with Gasteiger partial charge in [0.25, 0.3) is 11.8 Å². The molecule has 0 saturated heterocycles. The van der Waals surface area contributed by atoms with Crippen LogP contribution in [-0.4, -0.2) is 21.8 Å². The highest BCUT2D eigenvalue weighted by Crippen LogP contribution is 2.33. The molecule has 0 radical (unpaired) electrons. The number of hydrogen-bond acceptors (Lipinski definition) is 4. The normalized spacial score (nSPS) is 11.5. The smallest absolute Gasteiger partial charge is 0.279 e. The van der Waals surface area contributed by atoms with Crippen LogP contribution in [-0.2, 0) is 4.79 Å². The standard InChI is InChI=1S/C27H22F2N4O2/c1-17-7-12-21(15-18(17)2)33(27(35)24-16-30-13-14-31-24)25(22-5-3-4-6-23(22)29)26(34)32-20-10-8-19(28)9-11-20/h3-16,25H,1-2H3,(H,32,34)/t25-/m1/s1. The van der Waals surface area contributed by atoms with Crippen LogP contribution < -0.4 is 10.2 Å². The number of aromatic nitrogens is 2. The summed E-state index contributed by atoms with van der Waals surface area (Å²) in [7, 11) is 0. The van der Waals surface area contributed by atoms with Gasteiger partial charge in [-0.2, -0.15) is 0 Å². The maximum Gasteiger partial charge on any atom is 0.279 e. The molecule has 6 nitrogen and oxygen atoms in total. The van der Waals surface area contributed by atoms with Crippen molar-refractivity contribution in [2.45, 2.75) is 19.9 Å². The van der Waals surface area contributed by atoms with E-state index in [0.717, 1.165) is 11.1 Å². The second-order valence-corrected chi connectivity index (χ2v) is 7.95. The van der Waals surface area contributed by atoms with Gasteiger partial charge in [-0.1, -0.05) is 24.3 Å². The molecule has 0 aliphatic carbocycles. The lowest BCUT2D eigenvalue weighted by atomic mass is 10.0. The zero-order valence-corrected chi connectivity index (χ0v) is 19.1. The molecule has 0 saturated carbocycles. The quantitative estimate of drug-likeness (QED) is 0.408. The molecule has 0 bridgehead atoms. The van der Waals surface area contributed by atoms with E-state index in [9.17, 15) is 14.0 Å². The molecule has 0 unspecified atom stereocenters. The molecule has 4 rings (SSSR count). The first-order valence-electron chi connectivity index (χ1n) is 10.8. The minimum absolute atomic E-state index is 0.0115. The van der Waals surface area contributed by atoms with Crippen molar-refractivity contribution in [1.29, 1.82) is 0 Å². The molecule has 1 heterocycles. The summed E-state index contributed by atoms with van der Waals surface area (Å²) in [6.45, 7) is 3.80. The average molecular weight is 472 g/mol. The summed E-state index contributed by atoms with van der Waals surface area (Å²) in [6.07, 6.45) is 4.07. The number of rotatable bonds is 6. The van der Waals surface area contributed by atoms with Gasteiger partial charge in [0.1, 0.15) is 23.4 Å². The van der Waals surface area contributed by atoms with E-state index >= 15 is 4.39 Å². The van der Waals surface area contributed by atoms with Gasteiger partial charge in [-0.05, 0) is 67.4 Å². The van der Waals surface area contributed by atoms with Crippen LogP contribution >= 0.6 is 0 Å². The number of benzene rings is 3. The molecule has 0 aliphatic heterocycles. The molecule has 1 N–H and O–H groups in total. The summed E-state index contributed by atoms with van der Waals surface area (Å²) in [5.74, 6) is -2.45. The van der Waals surface area contributed by atoms with Gasteiger partial charge in [-0.3, -0.25) is 19.5 Å². The Morgan fingerprint density at radius 3 is 2.31 bits per heavy atom. The van der Waals surface area contributed by atoms with Crippen molar-refractivity contribution in [2.75, 3.05) is 10.2 Å². The molecule has 1 atom stereocenters. The van der Waals surface area contributed by atoms with Crippen molar-refractivity contribution >= 4 is 23.2 Å². The molecule has 176 valence electrons. The Balaban J connectivity index is 1.88. The van der Waals surface area contributed by atoms with E-state index in [1.807, 2.05) is 19.9 Å². The van der Waals surface area contributed by atoms with Gasteiger partial charge in [-0.25, -0.2) is 13.8 Å². The number of carbonyl (C=O) groups is 2. The van der Waals surface area contributed by atoms with Crippen LogP contribution in [0.25, 0.3) is 0 Å². The predicted octanol–water partition coefficient (Wildman–Crippen LogP) is 5.40. The summed E-state index contributed by atoms with van der Waals surface area (Å²) in [5.41, 5.74) is 2.52. The molecule has 35 heavy (non-hydrogen) atoms. The fourth-order valence-electron chi connectivity index (χ4n) is 3.63. The van der Waals surface area contributed by atoms with Crippen molar-refractivity contribution in [3.05, 3.63) is 119 Å². The zero-order chi connectivity index (χ0) is 24.9. The largest absolute Gasteiger partial charge is 0.324 e. The Hall–Kier alpha value is -4.46. The second kappa shape index (κ2) is 10.2. The maximum absolute atomic E-state index is 15.1. The fraction of sp³-hybridized carbons (Fsp3) is 0.111. The lowest BCUT2D eigenvalue weighted by molar-refractivity contribution is -0.117. The van der Waals surface area contributed by atoms with Gasteiger partial charge in [-0.15, -0.1) is 0 Å². The number of anilines is 2. The highest BCUT2D eigenvalue weighted by molar-refractivity contribution is 6.11. The summed E-state index contributed by atoms with van der Waals surface area (Å²) < 4.78 is 28.5. The Morgan fingerprint density at radius 1 is 0.914 bits per heavy atom. The number of hydrogen-bond donors (Lipinski definition) is 1. The molecule has 2 amide bonds.